The molecule has 1 unspecified atom stereocenters. The molecule has 1 saturated heterocycles. The summed E-state index contributed by atoms with van der Waals surface area (Å²) in [6.45, 7) is 5.14. The number of amides is 1. The lowest BCUT2D eigenvalue weighted by molar-refractivity contribution is -0.123. The van der Waals surface area contributed by atoms with Crippen LogP contribution in [-0.4, -0.2) is 35.7 Å². The Hall–Kier alpha value is -0.610. The van der Waals surface area contributed by atoms with E-state index in [2.05, 4.69) is 24.5 Å². The summed E-state index contributed by atoms with van der Waals surface area (Å²) < 4.78 is 0. The molecule has 1 heterocycles. The van der Waals surface area contributed by atoms with E-state index >= 15 is 0 Å². The van der Waals surface area contributed by atoms with Crippen LogP contribution in [0, 0.1) is 11.8 Å². The second-order valence-electron chi connectivity index (χ2n) is 6.36. The van der Waals surface area contributed by atoms with Crippen LogP contribution in [0.15, 0.2) is 0 Å². The minimum Gasteiger partial charge on any atom is -0.392 e. The molecule has 1 aliphatic heterocycles. The Labute approximate surface area is 116 Å². The third-order valence-corrected chi connectivity index (χ3v) is 4.99. The first-order valence-corrected chi connectivity index (χ1v) is 7.82. The van der Waals surface area contributed by atoms with Crippen molar-refractivity contribution >= 4 is 5.91 Å². The van der Waals surface area contributed by atoms with Crippen LogP contribution in [0.3, 0.4) is 0 Å². The second-order valence-corrected chi connectivity index (χ2v) is 6.36. The monoisotopic (exact) mass is 268 g/mol. The highest BCUT2D eigenvalue weighted by Gasteiger charge is 2.31. The summed E-state index contributed by atoms with van der Waals surface area (Å²) >= 11 is 0. The van der Waals surface area contributed by atoms with Gasteiger partial charge < -0.3 is 15.7 Å². The summed E-state index contributed by atoms with van der Waals surface area (Å²) in [5, 5.41) is 15.7. The maximum atomic E-state index is 12.0. The van der Waals surface area contributed by atoms with Crippen molar-refractivity contribution in [3.05, 3.63) is 0 Å². The lowest BCUT2D eigenvalue weighted by atomic mass is 9.78. The fourth-order valence-corrected chi connectivity index (χ4v) is 3.38. The van der Waals surface area contributed by atoms with E-state index in [0.29, 0.717) is 19.0 Å². The molecular formula is C15H28N2O2. The summed E-state index contributed by atoms with van der Waals surface area (Å²) in [6.07, 6.45) is 6.13. The third kappa shape index (κ3) is 3.93. The van der Waals surface area contributed by atoms with E-state index in [0.717, 1.165) is 24.7 Å². The molecule has 2 rings (SSSR count). The summed E-state index contributed by atoms with van der Waals surface area (Å²) in [4.78, 5) is 12.0. The largest absolute Gasteiger partial charge is 0.392 e. The van der Waals surface area contributed by atoms with E-state index in [1.807, 2.05) is 0 Å². The molecule has 2 fully saturated rings. The summed E-state index contributed by atoms with van der Waals surface area (Å²) in [5.74, 6) is 1.72. The van der Waals surface area contributed by atoms with E-state index in [-0.39, 0.29) is 18.1 Å². The molecule has 0 aromatic rings. The highest BCUT2D eigenvalue weighted by molar-refractivity contribution is 5.82. The van der Waals surface area contributed by atoms with Gasteiger partial charge >= 0.3 is 0 Å². The van der Waals surface area contributed by atoms with Crippen molar-refractivity contribution in [2.45, 2.75) is 70.6 Å². The molecule has 19 heavy (non-hydrogen) atoms. The fourth-order valence-electron chi connectivity index (χ4n) is 3.38. The number of carbonyl (C=O) groups excluding carboxylic acids is 1. The smallest absolute Gasteiger partial charge is 0.237 e. The molecule has 4 heteroatoms. The Kier molecular flexibility index (Phi) is 5.22. The Morgan fingerprint density at radius 2 is 2.05 bits per heavy atom. The molecule has 3 atom stereocenters. The van der Waals surface area contributed by atoms with Crippen molar-refractivity contribution in [1.82, 2.24) is 10.6 Å². The van der Waals surface area contributed by atoms with Crippen molar-refractivity contribution in [3.8, 4) is 0 Å². The van der Waals surface area contributed by atoms with Crippen molar-refractivity contribution in [2.24, 2.45) is 11.8 Å². The molecule has 110 valence electrons. The molecule has 2 aliphatic rings. The summed E-state index contributed by atoms with van der Waals surface area (Å²) in [7, 11) is 0. The number of rotatable bonds is 4. The maximum absolute atomic E-state index is 12.0. The van der Waals surface area contributed by atoms with E-state index in [1.54, 1.807) is 0 Å². The van der Waals surface area contributed by atoms with Gasteiger partial charge in [-0.05, 0) is 43.9 Å². The summed E-state index contributed by atoms with van der Waals surface area (Å²) in [6, 6.07) is 0.148. The minimum absolute atomic E-state index is 0.0727. The van der Waals surface area contributed by atoms with E-state index in [9.17, 15) is 9.90 Å². The van der Waals surface area contributed by atoms with Crippen molar-refractivity contribution in [3.63, 3.8) is 0 Å². The third-order valence-electron chi connectivity index (χ3n) is 4.99. The molecule has 4 nitrogen and oxygen atoms in total. The predicted molar refractivity (Wildman–Crippen MR) is 75.8 cm³/mol. The second kappa shape index (κ2) is 6.71. The van der Waals surface area contributed by atoms with Crippen LogP contribution in [0.2, 0.25) is 0 Å². The van der Waals surface area contributed by atoms with Crippen LogP contribution in [0.4, 0.5) is 0 Å². The van der Waals surface area contributed by atoms with Crippen LogP contribution >= 0.6 is 0 Å². The standard InChI is InChI=1S/C15H28N2O2/c1-3-10(2)11-4-6-12(7-5-11)17-15(19)14-8-13(18)9-16-14/h10-14,16,18H,3-9H2,1-2H3,(H,17,19)/t10?,11?,12?,13-,14-/m1/s1. The van der Waals surface area contributed by atoms with Crippen LogP contribution in [0.5, 0.6) is 0 Å². The van der Waals surface area contributed by atoms with Crippen LogP contribution in [-0.2, 0) is 4.79 Å². The van der Waals surface area contributed by atoms with Crippen molar-refractivity contribution < 1.29 is 9.90 Å². The molecule has 0 spiro atoms. The van der Waals surface area contributed by atoms with Gasteiger partial charge in [0.2, 0.25) is 5.91 Å². The molecular weight excluding hydrogens is 240 g/mol. The first kappa shape index (κ1) is 14.8. The number of hydrogen-bond donors (Lipinski definition) is 3. The quantitative estimate of drug-likeness (QED) is 0.723. The van der Waals surface area contributed by atoms with Gasteiger partial charge in [-0.1, -0.05) is 20.3 Å². The van der Waals surface area contributed by atoms with Crippen LogP contribution in [0.25, 0.3) is 0 Å². The van der Waals surface area contributed by atoms with Gasteiger partial charge in [-0.2, -0.15) is 0 Å². The van der Waals surface area contributed by atoms with Gasteiger partial charge in [0.25, 0.3) is 0 Å². The van der Waals surface area contributed by atoms with Crippen molar-refractivity contribution in [2.75, 3.05) is 6.54 Å². The Balaban J connectivity index is 1.72. The number of nitrogens with one attached hydrogen (secondary N) is 2. The predicted octanol–water partition coefficient (Wildman–Crippen LogP) is 1.43. The molecule has 0 radical (unpaired) electrons. The van der Waals surface area contributed by atoms with Gasteiger partial charge in [-0.3, -0.25) is 4.79 Å². The van der Waals surface area contributed by atoms with Gasteiger partial charge in [-0.15, -0.1) is 0 Å². The fraction of sp³-hybridized carbons (Fsp3) is 0.933. The van der Waals surface area contributed by atoms with E-state index in [1.165, 1.54) is 19.3 Å². The average Bonchev–Trinajstić information content (AvgIpc) is 2.85. The number of aliphatic hydroxyl groups is 1. The highest BCUT2D eigenvalue weighted by Crippen LogP contribution is 2.31. The van der Waals surface area contributed by atoms with Crippen molar-refractivity contribution in [1.29, 1.82) is 0 Å². The first-order chi connectivity index (χ1) is 9.10. The zero-order valence-corrected chi connectivity index (χ0v) is 12.2. The zero-order valence-electron chi connectivity index (χ0n) is 12.2. The number of aliphatic hydroxyl groups excluding tert-OH is 1. The van der Waals surface area contributed by atoms with Gasteiger partial charge in [0.1, 0.15) is 0 Å². The molecule has 1 aliphatic carbocycles. The topological polar surface area (TPSA) is 61.4 Å². The highest BCUT2D eigenvalue weighted by atomic mass is 16.3. The van der Waals surface area contributed by atoms with E-state index in [4.69, 9.17) is 0 Å². The number of hydrogen-bond acceptors (Lipinski definition) is 3. The van der Waals surface area contributed by atoms with Gasteiger partial charge in [-0.25, -0.2) is 0 Å². The van der Waals surface area contributed by atoms with E-state index < -0.39 is 0 Å². The van der Waals surface area contributed by atoms with Gasteiger partial charge in [0, 0.05) is 12.6 Å². The minimum atomic E-state index is -0.364. The first-order valence-electron chi connectivity index (χ1n) is 7.82. The number of carbonyl (C=O) groups is 1. The molecule has 1 amide bonds. The number of β-amino-alcohol motifs (C(OH)–C–C–N with tert-alkyl or cyclic N) is 1. The summed E-state index contributed by atoms with van der Waals surface area (Å²) in [5.41, 5.74) is 0. The molecule has 0 bridgehead atoms. The zero-order chi connectivity index (χ0) is 13.8. The van der Waals surface area contributed by atoms with Crippen LogP contribution < -0.4 is 10.6 Å². The molecule has 3 N–H and O–H groups in total. The van der Waals surface area contributed by atoms with Gasteiger partial charge in [0.05, 0.1) is 12.1 Å². The van der Waals surface area contributed by atoms with Gasteiger partial charge in [0.15, 0.2) is 0 Å². The lowest BCUT2D eigenvalue weighted by Gasteiger charge is -2.32. The molecule has 0 aromatic heterocycles. The SMILES string of the molecule is CCC(C)C1CCC(NC(=O)[C@H]2C[C@@H](O)CN2)CC1. The Morgan fingerprint density at radius 1 is 1.37 bits per heavy atom. The molecule has 1 saturated carbocycles. The molecule has 0 aromatic carbocycles. The normalized spacial score (nSPS) is 37.0. The Morgan fingerprint density at radius 3 is 2.58 bits per heavy atom. The lowest BCUT2D eigenvalue weighted by Crippen LogP contribution is -2.46. The Bertz CT molecular complexity index is 301. The van der Waals surface area contributed by atoms with Crippen LogP contribution in [0.1, 0.15) is 52.4 Å². The maximum Gasteiger partial charge on any atom is 0.237 e. The average molecular weight is 268 g/mol.